The molecule has 1 fully saturated rings. The molecule has 1 heterocycles. The van der Waals surface area contributed by atoms with Gasteiger partial charge in [0.2, 0.25) is 5.91 Å². The number of anilines is 1. The fourth-order valence-electron chi connectivity index (χ4n) is 3.58. The maximum Gasteiger partial charge on any atom is 0.343 e. The average molecular weight is 595 g/mol. The van der Waals surface area contributed by atoms with Crippen LogP contribution in [0.1, 0.15) is 27.0 Å². The summed E-state index contributed by atoms with van der Waals surface area (Å²) >= 11 is 4.07. The predicted octanol–water partition coefficient (Wildman–Crippen LogP) is 5.97. The number of aryl methyl sites for hydroxylation is 2. The third kappa shape index (κ3) is 6.32. The summed E-state index contributed by atoms with van der Waals surface area (Å²) in [4.78, 5) is 51.5. The largest absolute Gasteiger partial charge is 0.493 e. The Morgan fingerprint density at radius 3 is 2.50 bits per heavy atom. The molecule has 1 saturated heterocycles. The van der Waals surface area contributed by atoms with Crippen LogP contribution < -0.4 is 14.8 Å². The molecule has 0 aromatic heterocycles. The Bertz CT molecular complexity index is 1490. The molecule has 1 aliphatic heterocycles. The molecule has 0 saturated carbocycles. The zero-order valence-corrected chi connectivity index (χ0v) is 23.1. The van der Waals surface area contributed by atoms with Gasteiger partial charge in [0.15, 0.2) is 11.5 Å². The lowest BCUT2D eigenvalue weighted by atomic mass is 10.1. The van der Waals surface area contributed by atoms with Gasteiger partial charge >= 0.3 is 5.97 Å². The van der Waals surface area contributed by atoms with E-state index in [2.05, 4.69) is 21.2 Å². The van der Waals surface area contributed by atoms with Gasteiger partial charge in [-0.3, -0.25) is 19.3 Å². The summed E-state index contributed by atoms with van der Waals surface area (Å²) in [5.41, 5.74) is 3.61. The number of halogens is 1. The number of esters is 1. The number of hydrogen-bond acceptors (Lipinski definition) is 7. The van der Waals surface area contributed by atoms with Crippen LogP contribution in [0.25, 0.3) is 6.08 Å². The predicted molar refractivity (Wildman–Crippen MR) is 149 cm³/mol. The van der Waals surface area contributed by atoms with E-state index < -0.39 is 29.6 Å². The molecular weight excluding hydrogens is 572 g/mol. The van der Waals surface area contributed by atoms with Crippen molar-refractivity contribution in [2.45, 2.75) is 13.8 Å². The monoisotopic (exact) mass is 594 g/mol. The van der Waals surface area contributed by atoms with Crippen LogP contribution in [-0.4, -0.2) is 41.6 Å². The highest BCUT2D eigenvalue weighted by Gasteiger charge is 2.36. The molecule has 0 bridgehead atoms. The Morgan fingerprint density at radius 1 is 1.00 bits per heavy atom. The number of amides is 3. The molecule has 1 aliphatic rings. The highest BCUT2D eigenvalue weighted by Crippen LogP contribution is 2.35. The molecule has 38 heavy (non-hydrogen) atoms. The van der Waals surface area contributed by atoms with E-state index in [0.29, 0.717) is 16.8 Å². The molecule has 3 aromatic rings. The Kier molecular flexibility index (Phi) is 8.33. The van der Waals surface area contributed by atoms with Crippen molar-refractivity contribution in [3.63, 3.8) is 0 Å². The van der Waals surface area contributed by atoms with E-state index in [1.807, 2.05) is 26.0 Å². The van der Waals surface area contributed by atoms with Crippen molar-refractivity contribution in [1.29, 1.82) is 0 Å². The van der Waals surface area contributed by atoms with E-state index in [9.17, 15) is 19.2 Å². The normalized spacial score (nSPS) is 14.1. The van der Waals surface area contributed by atoms with Gasteiger partial charge in [0, 0.05) is 10.2 Å². The first-order valence-corrected chi connectivity index (χ1v) is 13.0. The number of imide groups is 1. The van der Waals surface area contributed by atoms with Gasteiger partial charge in [-0.1, -0.05) is 34.1 Å². The Morgan fingerprint density at radius 2 is 1.79 bits per heavy atom. The van der Waals surface area contributed by atoms with Crippen molar-refractivity contribution in [1.82, 2.24) is 4.90 Å². The van der Waals surface area contributed by atoms with Crippen LogP contribution in [-0.2, 0) is 9.59 Å². The van der Waals surface area contributed by atoms with E-state index in [-0.39, 0.29) is 16.4 Å². The topological polar surface area (TPSA) is 102 Å². The van der Waals surface area contributed by atoms with E-state index >= 15 is 0 Å². The summed E-state index contributed by atoms with van der Waals surface area (Å²) in [6.07, 6.45) is 1.52. The second-order valence-corrected chi connectivity index (χ2v) is 10.3. The number of nitrogens with one attached hydrogen (secondary N) is 1. The molecule has 1 N–H and O–H groups in total. The van der Waals surface area contributed by atoms with Crippen LogP contribution in [0.2, 0.25) is 0 Å². The summed E-state index contributed by atoms with van der Waals surface area (Å²) < 4.78 is 11.6. The lowest BCUT2D eigenvalue weighted by Crippen LogP contribution is -2.36. The highest BCUT2D eigenvalue weighted by molar-refractivity contribution is 9.10. The molecule has 3 aromatic carbocycles. The Balaban J connectivity index is 1.45. The van der Waals surface area contributed by atoms with Gasteiger partial charge in [-0.15, -0.1) is 0 Å². The first kappa shape index (κ1) is 27.2. The van der Waals surface area contributed by atoms with Crippen LogP contribution in [0.5, 0.6) is 11.5 Å². The summed E-state index contributed by atoms with van der Waals surface area (Å²) in [6.45, 7) is 3.50. The maximum absolute atomic E-state index is 12.9. The number of carbonyl (C=O) groups excluding carboxylic acids is 4. The number of benzene rings is 3. The molecule has 4 rings (SSSR count). The minimum atomic E-state index is -0.570. The number of methoxy groups -OCH3 is 1. The molecular formula is C28H23BrN2O6S. The standard InChI is InChI=1S/C28H23BrN2O6S/c1-16-7-9-21(11-17(16)2)30-25(32)15-31-26(33)24(38-28(31)35)13-18-8-10-22(23(12-18)36-3)37-27(34)19-5-4-6-20(29)14-19/h4-14H,15H2,1-3H3,(H,30,32)/b24-13+. The van der Waals surface area contributed by atoms with E-state index in [0.717, 1.165) is 32.3 Å². The van der Waals surface area contributed by atoms with Crippen LogP contribution in [0.4, 0.5) is 10.5 Å². The molecule has 8 nitrogen and oxygen atoms in total. The van der Waals surface area contributed by atoms with Gasteiger partial charge in [0.05, 0.1) is 17.6 Å². The number of nitrogens with zero attached hydrogens (tertiary/aromatic N) is 1. The summed E-state index contributed by atoms with van der Waals surface area (Å²) in [5.74, 6) is -1.13. The zero-order valence-electron chi connectivity index (χ0n) is 20.7. The molecule has 194 valence electrons. The number of thioether (sulfide) groups is 1. The molecule has 0 atom stereocenters. The van der Waals surface area contributed by atoms with Gasteiger partial charge in [-0.25, -0.2) is 4.79 Å². The average Bonchev–Trinajstić information content (AvgIpc) is 3.14. The van der Waals surface area contributed by atoms with Crippen molar-refractivity contribution < 1.29 is 28.7 Å². The van der Waals surface area contributed by atoms with Crippen LogP contribution in [0.3, 0.4) is 0 Å². The van der Waals surface area contributed by atoms with Crippen molar-refractivity contribution in [2.24, 2.45) is 0 Å². The zero-order chi connectivity index (χ0) is 27.4. The molecule has 3 amide bonds. The van der Waals surface area contributed by atoms with Crippen molar-refractivity contribution in [2.75, 3.05) is 19.0 Å². The third-order valence-electron chi connectivity index (χ3n) is 5.71. The lowest BCUT2D eigenvalue weighted by Gasteiger charge is -2.13. The number of ether oxygens (including phenoxy) is 2. The highest BCUT2D eigenvalue weighted by atomic mass is 79.9. The fraction of sp³-hybridized carbons (Fsp3) is 0.143. The molecule has 0 aliphatic carbocycles. The summed E-state index contributed by atoms with van der Waals surface area (Å²) in [5, 5.41) is 2.18. The molecule has 0 radical (unpaired) electrons. The first-order chi connectivity index (χ1) is 18.1. The van der Waals surface area contributed by atoms with Crippen molar-refractivity contribution in [3.05, 3.63) is 92.3 Å². The van der Waals surface area contributed by atoms with Gasteiger partial charge in [-0.2, -0.15) is 0 Å². The minimum absolute atomic E-state index is 0.162. The molecule has 10 heteroatoms. The van der Waals surface area contributed by atoms with Crippen LogP contribution in [0.15, 0.2) is 70.0 Å². The van der Waals surface area contributed by atoms with Gasteiger partial charge in [-0.05, 0) is 90.8 Å². The van der Waals surface area contributed by atoms with Crippen molar-refractivity contribution >= 4 is 62.5 Å². The molecule has 0 unspecified atom stereocenters. The lowest BCUT2D eigenvalue weighted by molar-refractivity contribution is -0.127. The fourth-order valence-corrected chi connectivity index (χ4v) is 4.82. The van der Waals surface area contributed by atoms with Gasteiger partial charge in [0.1, 0.15) is 6.54 Å². The summed E-state index contributed by atoms with van der Waals surface area (Å²) in [7, 11) is 1.43. The minimum Gasteiger partial charge on any atom is -0.493 e. The summed E-state index contributed by atoms with van der Waals surface area (Å²) in [6, 6.07) is 17.0. The quantitative estimate of drug-likeness (QED) is 0.204. The third-order valence-corrected chi connectivity index (χ3v) is 7.12. The number of rotatable bonds is 7. The van der Waals surface area contributed by atoms with E-state index in [4.69, 9.17) is 9.47 Å². The van der Waals surface area contributed by atoms with Crippen molar-refractivity contribution in [3.8, 4) is 11.5 Å². The van der Waals surface area contributed by atoms with E-state index in [1.165, 1.54) is 13.2 Å². The number of carbonyl (C=O) groups is 4. The van der Waals surface area contributed by atoms with Crippen LogP contribution in [0, 0.1) is 13.8 Å². The number of hydrogen-bond donors (Lipinski definition) is 1. The van der Waals surface area contributed by atoms with Crippen LogP contribution >= 0.6 is 27.7 Å². The second-order valence-electron chi connectivity index (χ2n) is 8.43. The maximum atomic E-state index is 12.9. The van der Waals surface area contributed by atoms with E-state index in [1.54, 1.807) is 48.5 Å². The Labute approximate surface area is 232 Å². The Hall–Kier alpha value is -3.89. The first-order valence-electron chi connectivity index (χ1n) is 11.4. The van der Waals surface area contributed by atoms with Gasteiger partial charge in [0.25, 0.3) is 11.1 Å². The second kappa shape index (κ2) is 11.7. The molecule has 0 spiro atoms. The smallest absolute Gasteiger partial charge is 0.343 e. The van der Waals surface area contributed by atoms with Gasteiger partial charge < -0.3 is 14.8 Å². The SMILES string of the molecule is COc1cc(/C=C2/SC(=O)N(CC(=O)Nc3ccc(C)c(C)c3)C2=O)ccc1OC(=O)c1cccc(Br)c1.